The Labute approximate surface area is 152 Å². The number of H-pyrrole nitrogens is 1. The van der Waals surface area contributed by atoms with Gasteiger partial charge < -0.3 is 32.3 Å². The number of likely N-dealkylation sites (N-methyl/N-ethyl adjacent to an activating group) is 1. The number of carbonyl (C=O) groups excluding carboxylic acids is 1. The summed E-state index contributed by atoms with van der Waals surface area (Å²) < 4.78 is 0.542. The zero-order valence-electron chi connectivity index (χ0n) is 14.4. The molecule has 3 N–H and O–H groups in total. The fourth-order valence-corrected chi connectivity index (χ4v) is 2.52. The molecule has 0 aliphatic rings. The molecule has 0 radical (unpaired) electrons. The van der Waals surface area contributed by atoms with Gasteiger partial charge in [-0.3, -0.25) is 4.79 Å². The van der Waals surface area contributed by atoms with Crippen LogP contribution in [0.3, 0.4) is 0 Å². The molecule has 0 saturated carbocycles. The lowest BCUT2D eigenvalue weighted by Gasteiger charge is -2.22. The van der Waals surface area contributed by atoms with Crippen molar-refractivity contribution in [2.75, 3.05) is 33.0 Å². The van der Waals surface area contributed by atoms with Gasteiger partial charge in [0.25, 0.3) is 5.91 Å². The van der Waals surface area contributed by atoms with E-state index in [1.807, 2.05) is 45.4 Å². The molecule has 0 bridgehead atoms. The van der Waals surface area contributed by atoms with E-state index >= 15 is 0 Å². The van der Waals surface area contributed by atoms with Gasteiger partial charge in [0.1, 0.15) is 11.6 Å². The Morgan fingerprint density at radius 1 is 1.20 bits per heavy atom. The smallest absolute Gasteiger partial charge is 0.279 e. The van der Waals surface area contributed by atoms with E-state index in [0.717, 1.165) is 11.0 Å². The average Bonchev–Trinajstić information content (AvgIpc) is 2.91. The van der Waals surface area contributed by atoms with Crippen LogP contribution in [0, 0.1) is 0 Å². The Morgan fingerprint density at radius 3 is 2.60 bits per heavy atom. The van der Waals surface area contributed by atoms with Crippen molar-refractivity contribution >= 4 is 22.6 Å². The molecule has 1 amide bonds. The van der Waals surface area contributed by atoms with Crippen LogP contribution in [-0.2, 0) is 4.79 Å². The lowest BCUT2D eigenvalue weighted by molar-refractivity contribution is -0.861. The highest BCUT2D eigenvalue weighted by Gasteiger charge is 2.16. The molecule has 25 heavy (non-hydrogen) atoms. The third kappa shape index (κ3) is 4.49. The summed E-state index contributed by atoms with van der Waals surface area (Å²) in [7, 11) is 5.86. The number of hydrogen-bond acceptors (Lipinski definition) is 3. The number of para-hydroxylation sites is 2. The first-order chi connectivity index (χ1) is 11.3. The molecule has 0 saturated heterocycles. The van der Waals surface area contributed by atoms with Gasteiger partial charge in [0.05, 0.1) is 37.7 Å². The maximum atomic E-state index is 12.1. The number of nitrogens with zero attached hydrogens (tertiary/aromatic N) is 2. The largest absolute Gasteiger partial charge is 1.00 e. The number of quaternary nitrogens is 1. The second kappa shape index (κ2) is 7.13. The second-order valence-corrected chi connectivity index (χ2v) is 6.83. The molecule has 1 heterocycles. The van der Waals surface area contributed by atoms with E-state index in [1.54, 1.807) is 18.2 Å². The predicted octanol–water partition coefficient (Wildman–Crippen LogP) is -0.416. The molecule has 132 valence electrons. The van der Waals surface area contributed by atoms with Crippen LogP contribution < -0.4 is 17.7 Å². The van der Waals surface area contributed by atoms with Crippen molar-refractivity contribution in [2.45, 2.75) is 0 Å². The molecular formula is C18H21ClN4O2. The number of imidazole rings is 1. The lowest BCUT2D eigenvalue weighted by Crippen LogP contribution is -3.00. The topological polar surface area (TPSA) is 78.0 Å². The number of rotatable bonds is 4. The number of anilines is 1. The van der Waals surface area contributed by atoms with E-state index in [4.69, 9.17) is 0 Å². The Morgan fingerprint density at radius 2 is 1.92 bits per heavy atom. The van der Waals surface area contributed by atoms with E-state index in [2.05, 4.69) is 15.3 Å². The molecule has 3 rings (SSSR count). The molecule has 0 aliphatic heterocycles. The van der Waals surface area contributed by atoms with Gasteiger partial charge in [0, 0.05) is 5.69 Å². The number of phenols is 1. The zero-order chi connectivity index (χ0) is 17.3. The fourth-order valence-electron chi connectivity index (χ4n) is 2.52. The normalized spacial score (nSPS) is 11.2. The first-order valence-electron chi connectivity index (χ1n) is 7.70. The van der Waals surface area contributed by atoms with Crippen LogP contribution in [0.25, 0.3) is 22.4 Å². The van der Waals surface area contributed by atoms with Crippen molar-refractivity contribution in [3.63, 3.8) is 0 Å². The number of phenolic OH excluding ortho intramolecular Hbond substituents is 1. The van der Waals surface area contributed by atoms with E-state index in [9.17, 15) is 9.90 Å². The summed E-state index contributed by atoms with van der Waals surface area (Å²) in [5, 5.41) is 13.0. The Hall–Kier alpha value is -2.57. The fraction of sp³-hybridized carbons (Fsp3) is 0.222. The van der Waals surface area contributed by atoms with Crippen molar-refractivity contribution in [3.05, 3.63) is 42.5 Å². The summed E-state index contributed by atoms with van der Waals surface area (Å²) in [6.07, 6.45) is 0. The minimum absolute atomic E-state index is 0. The van der Waals surface area contributed by atoms with E-state index in [1.165, 1.54) is 0 Å². The molecule has 7 heteroatoms. The van der Waals surface area contributed by atoms with Crippen LogP contribution in [0.5, 0.6) is 5.75 Å². The van der Waals surface area contributed by atoms with Gasteiger partial charge in [0.2, 0.25) is 0 Å². The second-order valence-electron chi connectivity index (χ2n) is 6.83. The Balaban J connectivity index is 0.00000225. The van der Waals surface area contributed by atoms with Crippen molar-refractivity contribution < 1.29 is 26.8 Å². The van der Waals surface area contributed by atoms with Crippen LogP contribution in [0.15, 0.2) is 42.5 Å². The molecule has 0 atom stereocenters. The number of amides is 1. The Bertz CT molecular complexity index is 866. The summed E-state index contributed by atoms with van der Waals surface area (Å²) in [5.41, 5.74) is 2.90. The number of halogens is 1. The number of fused-ring (bicyclic) bond motifs is 1. The van der Waals surface area contributed by atoms with Gasteiger partial charge >= 0.3 is 0 Å². The zero-order valence-corrected chi connectivity index (χ0v) is 15.1. The van der Waals surface area contributed by atoms with Gasteiger partial charge in [-0.15, -0.1) is 0 Å². The summed E-state index contributed by atoms with van der Waals surface area (Å²) in [4.78, 5) is 19.8. The number of aromatic amines is 1. The maximum absolute atomic E-state index is 12.1. The standard InChI is InChI=1S/C18H20N4O2.ClH/c1-22(2,3)11-17(24)19-12-8-9-16(23)13(10-12)18-20-14-6-4-5-7-15(14)21-18;/h4-10H,11H2,1-3H3,(H2-,19,20,21,23,24);1H. The monoisotopic (exact) mass is 360 g/mol. The minimum Gasteiger partial charge on any atom is -1.00 e. The summed E-state index contributed by atoms with van der Waals surface area (Å²) in [6.45, 7) is 0.362. The number of aromatic hydroxyl groups is 1. The molecule has 2 aromatic carbocycles. The maximum Gasteiger partial charge on any atom is 0.279 e. The molecule has 0 unspecified atom stereocenters. The van der Waals surface area contributed by atoms with Crippen molar-refractivity contribution in [1.29, 1.82) is 0 Å². The lowest BCUT2D eigenvalue weighted by atomic mass is 10.1. The highest BCUT2D eigenvalue weighted by atomic mass is 35.5. The van der Waals surface area contributed by atoms with Gasteiger partial charge in [-0.1, -0.05) is 12.1 Å². The van der Waals surface area contributed by atoms with Crippen LogP contribution >= 0.6 is 0 Å². The molecule has 1 aromatic heterocycles. The van der Waals surface area contributed by atoms with E-state index < -0.39 is 0 Å². The van der Waals surface area contributed by atoms with Crippen LogP contribution in [0.2, 0.25) is 0 Å². The van der Waals surface area contributed by atoms with Crippen LogP contribution in [-0.4, -0.2) is 53.2 Å². The number of nitrogens with one attached hydrogen (secondary N) is 2. The number of carbonyl (C=O) groups is 1. The molecule has 6 nitrogen and oxygen atoms in total. The molecule has 0 spiro atoms. The molecule has 0 fully saturated rings. The molecule has 3 aromatic rings. The van der Waals surface area contributed by atoms with Gasteiger partial charge in [-0.2, -0.15) is 0 Å². The van der Waals surface area contributed by atoms with Crippen LogP contribution in [0.4, 0.5) is 5.69 Å². The highest BCUT2D eigenvalue weighted by Crippen LogP contribution is 2.31. The van der Waals surface area contributed by atoms with Gasteiger partial charge in [0.15, 0.2) is 6.54 Å². The average molecular weight is 361 g/mol. The summed E-state index contributed by atoms with van der Waals surface area (Å²) in [6, 6.07) is 12.6. The minimum atomic E-state index is -0.0799. The van der Waals surface area contributed by atoms with Crippen molar-refractivity contribution in [1.82, 2.24) is 9.97 Å². The highest BCUT2D eigenvalue weighted by molar-refractivity contribution is 5.92. The number of benzene rings is 2. The van der Waals surface area contributed by atoms with E-state index in [-0.39, 0.29) is 24.1 Å². The third-order valence-corrected chi connectivity index (χ3v) is 3.54. The summed E-state index contributed by atoms with van der Waals surface area (Å²) >= 11 is 0. The quantitative estimate of drug-likeness (QED) is 0.437. The van der Waals surface area contributed by atoms with Crippen molar-refractivity contribution in [2.24, 2.45) is 0 Å². The van der Waals surface area contributed by atoms with Crippen LogP contribution in [0.1, 0.15) is 0 Å². The number of aromatic nitrogens is 2. The third-order valence-electron chi connectivity index (χ3n) is 3.54. The Kier molecular flexibility index (Phi) is 5.35. The van der Waals surface area contributed by atoms with Gasteiger partial charge in [-0.05, 0) is 30.3 Å². The molecule has 0 aliphatic carbocycles. The summed E-state index contributed by atoms with van der Waals surface area (Å²) in [5.74, 6) is 0.596. The van der Waals surface area contributed by atoms with E-state index in [0.29, 0.717) is 28.1 Å². The molecular weight excluding hydrogens is 340 g/mol. The first-order valence-corrected chi connectivity index (χ1v) is 7.70. The SMILES string of the molecule is C[N+](C)(C)CC(=O)Nc1ccc(O)c(-c2nc3ccccc3[nH]2)c1.[Cl-]. The predicted molar refractivity (Wildman–Crippen MR) is 94.7 cm³/mol. The van der Waals surface area contributed by atoms with Crippen molar-refractivity contribution in [3.8, 4) is 17.1 Å². The first kappa shape index (κ1) is 18.8. The van der Waals surface area contributed by atoms with Gasteiger partial charge in [-0.25, -0.2) is 4.98 Å². The number of hydrogen-bond donors (Lipinski definition) is 3.